The summed E-state index contributed by atoms with van der Waals surface area (Å²) in [5.41, 5.74) is 2.09. The zero-order chi connectivity index (χ0) is 11.1. The van der Waals surface area contributed by atoms with Crippen LogP contribution in [0.15, 0.2) is 17.8 Å². The molecule has 80 valence electrons. The van der Waals surface area contributed by atoms with E-state index in [0.717, 1.165) is 27.6 Å². The van der Waals surface area contributed by atoms with E-state index < -0.39 is 0 Å². The zero-order valence-electron chi connectivity index (χ0n) is 8.38. The monoisotopic (exact) mass is 249 g/mol. The number of nitrogens with zero attached hydrogens (tertiary/aromatic N) is 3. The van der Waals surface area contributed by atoms with Crippen LogP contribution in [0.2, 0.25) is 0 Å². The largest absolute Gasteiger partial charge is 0.297 e. The molecule has 0 aliphatic carbocycles. The van der Waals surface area contributed by atoms with Gasteiger partial charge < -0.3 is 0 Å². The molecule has 0 N–H and O–H groups in total. The molecule has 6 heteroatoms. The molecule has 16 heavy (non-hydrogen) atoms. The Morgan fingerprint density at radius 3 is 3.00 bits per heavy atom. The van der Waals surface area contributed by atoms with Crippen LogP contribution < -0.4 is 0 Å². The summed E-state index contributed by atoms with van der Waals surface area (Å²) in [6, 6.07) is 0. The zero-order valence-corrected chi connectivity index (χ0v) is 10.0. The van der Waals surface area contributed by atoms with E-state index in [-0.39, 0.29) is 0 Å². The Balaban J connectivity index is 2.24. The molecule has 3 aromatic heterocycles. The van der Waals surface area contributed by atoms with Crippen molar-refractivity contribution in [3.8, 4) is 10.7 Å². The van der Waals surface area contributed by atoms with Gasteiger partial charge in [0, 0.05) is 17.3 Å². The van der Waals surface area contributed by atoms with Gasteiger partial charge in [-0.1, -0.05) is 0 Å². The van der Waals surface area contributed by atoms with Gasteiger partial charge in [-0.15, -0.1) is 22.7 Å². The lowest BCUT2D eigenvalue weighted by Gasteiger charge is -1.95. The van der Waals surface area contributed by atoms with E-state index in [2.05, 4.69) is 19.7 Å². The van der Waals surface area contributed by atoms with Crippen molar-refractivity contribution in [2.45, 2.75) is 6.92 Å². The number of hydrogen-bond donors (Lipinski definition) is 0. The van der Waals surface area contributed by atoms with Crippen molar-refractivity contribution in [3.05, 3.63) is 28.3 Å². The Hall–Kier alpha value is -1.53. The molecule has 0 fully saturated rings. The van der Waals surface area contributed by atoms with Crippen LogP contribution in [0, 0.1) is 6.92 Å². The van der Waals surface area contributed by atoms with Gasteiger partial charge in [0.25, 0.3) is 0 Å². The normalized spacial score (nSPS) is 11.1. The standard InChI is InChI=1S/C10H7N3OS2/c1-6-5-15-10-12-3-8(13(6)10)9-11-2-7(4-14)16-9/h2-5H,1H3. The van der Waals surface area contributed by atoms with E-state index in [9.17, 15) is 4.79 Å². The molecule has 0 aromatic carbocycles. The second-order valence-corrected chi connectivity index (χ2v) is 5.22. The van der Waals surface area contributed by atoms with Crippen molar-refractivity contribution in [2.24, 2.45) is 0 Å². The van der Waals surface area contributed by atoms with Gasteiger partial charge in [-0.25, -0.2) is 9.97 Å². The fourth-order valence-electron chi connectivity index (χ4n) is 1.56. The minimum atomic E-state index is 0.637. The average Bonchev–Trinajstić information content (AvgIpc) is 2.96. The van der Waals surface area contributed by atoms with Gasteiger partial charge in [-0.3, -0.25) is 9.20 Å². The number of hydrogen-bond acceptors (Lipinski definition) is 5. The number of carbonyl (C=O) groups is 1. The van der Waals surface area contributed by atoms with E-state index in [1.165, 1.54) is 11.3 Å². The molecule has 0 unspecified atom stereocenters. The number of imidazole rings is 1. The summed E-state index contributed by atoms with van der Waals surface area (Å²) in [4.78, 5) is 20.8. The summed E-state index contributed by atoms with van der Waals surface area (Å²) in [7, 11) is 0. The molecule has 0 amide bonds. The number of aldehydes is 1. The van der Waals surface area contributed by atoms with E-state index in [1.54, 1.807) is 23.7 Å². The molecule has 3 aromatic rings. The SMILES string of the molecule is Cc1csc2ncc(-c3ncc(C=O)s3)n12. The Bertz CT molecular complexity index is 665. The molecular formula is C10H7N3OS2. The summed E-state index contributed by atoms with van der Waals surface area (Å²) >= 11 is 2.98. The van der Waals surface area contributed by atoms with Crippen molar-refractivity contribution in [3.63, 3.8) is 0 Å². The van der Waals surface area contributed by atoms with Crippen LogP contribution in [0.4, 0.5) is 0 Å². The predicted molar refractivity (Wildman–Crippen MR) is 64.3 cm³/mol. The van der Waals surface area contributed by atoms with E-state index in [1.807, 2.05) is 6.92 Å². The summed E-state index contributed by atoms with van der Waals surface area (Å²) in [6.45, 7) is 2.03. The predicted octanol–water partition coefficient (Wildman–Crippen LogP) is 2.64. The molecule has 3 heterocycles. The fourth-order valence-corrected chi connectivity index (χ4v) is 3.13. The third-order valence-corrected chi connectivity index (χ3v) is 4.18. The van der Waals surface area contributed by atoms with E-state index in [4.69, 9.17) is 0 Å². The van der Waals surface area contributed by atoms with Crippen molar-refractivity contribution in [1.82, 2.24) is 14.4 Å². The highest BCUT2D eigenvalue weighted by atomic mass is 32.1. The van der Waals surface area contributed by atoms with Crippen LogP contribution in [0.1, 0.15) is 15.4 Å². The van der Waals surface area contributed by atoms with Gasteiger partial charge in [0.15, 0.2) is 11.2 Å². The van der Waals surface area contributed by atoms with Gasteiger partial charge in [-0.05, 0) is 6.92 Å². The maximum atomic E-state index is 10.6. The summed E-state index contributed by atoms with van der Waals surface area (Å²) in [5.74, 6) is 0. The molecule has 0 bridgehead atoms. The maximum absolute atomic E-state index is 10.6. The lowest BCUT2D eigenvalue weighted by Crippen LogP contribution is -1.86. The molecule has 0 radical (unpaired) electrons. The fraction of sp³-hybridized carbons (Fsp3) is 0.100. The van der Waals surface area contributed by atoms with Crippen molar-refractivity contribution in [1.29, 1.82) is 0 Å². The van der Waals surface area contributed by atoms with Crippen LogP contribution in [0.3, 0.4) is 0 Å². The molecule has 4 nitrogen and oxygen atoms in total. The molecule has 0 spiro atoms. The first-order chi connectivity index (χ1) is 7.79. The quantitative estimate of drug-likeness (QED) is 0.656. The van der Waals surface area contributed by atoms with Crippen LogP contribution >= 0.6 is 22.7 Å². The highest BCUT2D eigenvalue weighted by molar-refractivity contribution is 7.16. The number of aryl methyl sites for hydroxylation is 1. The Labute approximate surface area is 99.2 Å². The molecule has 0 atom stereocenters. The maximum Gasteiger partial charge on any atom is 0.194 e. The molecule has 0 aliphatic rings. The number of aromatic nitrogens is 3. The Kier molecular flexibility index (Phi) is 2.12. The lowest BCUT2D eigenvalue weighted by atomic mass is 10.4. The topological polar surface area (TPSA) is 47.3 Å². The number of fused-ring (bicyclic) bond motifs is 1. The third kappa shape index (κ3) is 1.30. The molecule has 0 saturated carbocycles. The number of thiazole rings is 2. The number of carbonyl (C=O) groups excluding carboxylic acids is 1. The molecule has 0 aliphatic heterocycles. The summed E-state index contributed by atoms with van der Waals surface area (Å²) < 4.78 is 2.05. The molecule has 0 saturated heterocycles. The second-order valence-electron chi connectivity index (χ2n) is 3.32. The average molecular weight is 249 g/mol. The van der Waals surface area contributed by atoms with Gasteiger partial charge >= 0.3 is 0 Å². The van der Waals surface area contributed by atoms with Crippen molar-refractivity contribution < 1.29 is 4.79 Å². The summed E-state index contributed by atoms with van der Waals surface area (Å²) in [6.07, 6.45) is 4.21. The molecule has 3 rings (SSSR count). The number of rotatable bonds is 2. The van der Waals surface area contributed by atoms with Gasteiger partial charge in [0.05, 0.1) is 11.1 Å². The third-order valence-electron chi connectivity index (χ3n) is 2.28. The Morgan fingerprint density at radius 2 is 2.25 bits per heavy atom. The van der Waals surface area contributed by atoms with Crippen molar-refractivity contribution >= 4 is 33.9 Å². The van der Waals surface area contributed by atoms with Crippen LogP contribution in [-0.2, 0) is 0 Å². The smallest absolute Gasteiger partial charge is 0.194 e. The first-order valence-corrected chi connectivity index (χ1v) is 6.32. The summed E-state index contributed by atoms with van der Waals surface area (Å²) in [5, 5.41) is 2.89. The van der Waals surface area contributed by atoms with Gasteiger partial charge in [0.2, 0.25) is 0 Å². The van der Waals surface area contributed by atoms with Gasteiger partial charge in [0.1, 0.15) is 10.7 Å². The van der Waals surface area contributed by atoms with Crippen LogP contribution in [0.25, 0.3) is 15.7 Å². The minimum absolute atomic E-state index is 0.637. The molecular weight excluding hydrogens is 242 g/mol. The van der Waals surface area contributed by atoms with Crippen LogP contribution in [0.5, 0.6) is 0 Å². The second kappa shape index (κ2) is 3.50. The van der Waals surface area contributed by atoms with Crippen LogP contribution in [-0.4, -0.2) is 20.7 Å². The van der Waals surface area contributed by atoms with E-state index in [0.29, 0.717) is 4.88 Å². The first-order valence-electron chi connectivity index (χ1n) is 4.62. The Morgan fingerprint density at radius 1 is 1.38 bits per heavy atom. The highest BCUT2D eigenvalue weighted by Gasteiger charge is 2.12. The van der Waals surface area contributed by atoms with Crippen molar-refractivity contribution in [2.75, 3.05) is 0 Å². The first kappa shape index (κ1) is 9.68. The van der Waals surface area contributed by atoms with E-state index >= 15 is 0 Å². The lowest BCUT2D eigenvalue weighted by molar-refractivity contribution is 0.112. The minimum Gasteiger partial charge on any atom is -0.297 e. The highest BCUT2D eigenvalue weighted by Crippen LogP contribution is 2.28. The van der Waals surface area contributed by atoms with Gasteiger partial charge in [-0.2, -0.15) is 0 Å².